The monoisotopic (exact) mass is 315 g/mol. The van der Waals surface area contributed by atoms with Crippen LogP contribution in [0.1, 0.15) is 41.3 Å². The van der Waals surface area contributed by atoms with Crippen LogP contribution >= 0.6 is 11.3 Å². The number of carbonyl (C=O) groups excluding carboxylic acids is 1. The van der Waals surface area contributed by atoms with Crippen molar-refractivity contribution in [3.8, 4) is 0 Å². The zero-order valence-corrected chi connectivity index (χ0v) is 13.7. The summed E-state index contributed by atoms with van der Waals surface area (Å²) >= 11 is 1.73. The van der Waals surface area contributed by atoms with Crippen LogP contribution in [0.25, 0.3) is 0 Å². The number of benzene rings is 1. The van der Waals surface area contributed by atoms with E-state index < -0.39 is 0 Å². The molecule has 0 aliphatic carbocycles. The van der Waals surface area contributed by atoms with E-state index in [1.807, 2.05) is 35.2 Å². The molecule has 0 unspecified atom stereocenters. The topological polar surface area (TPSA) is 46.1 Å². The molecule has 0 bridgehead atoms. The van der Waals surface area contributed by atoms with E-state index in [0.29, 0.717) is 12.3 Å². The van der Waals surface area contributed by atoms with Gasteiger partial charge in [-0.05, 0) is 24.8 Å². The molecule has 0 saturated carbocycles. The van der Waals surface area contributed by atoms with E-state index >= 15 is 0 Å². The minimum Gasteiger partial charge on any atom is -0.342 e. The second-order valence-electron chi connectivity index (χ2n) is 5.71. The SMILES string of the molecule is CCc1nnc(C2CCN(C(=O)Cc3ccccc3)CC2)s1. The van der Waals surface area contributed by atoms with E-state index in [4.69, 9.17) is 0 Å². The summed E-state index contributed by atoms with van der Waals surface area (Å²) in [6, 6.07) is 9.97. The maximum atomic E-state index is 12.4. The van der Waals surface area contributed by atoms with Crippen molar-refractivity contribution in [3.05, 3.63) is 45.9 Å². The molecule has 2 heterocycles. The molecule has 1 aromatic heterocycles. The normalized spacial score (nSPS) is 16.0. The average molecular weight is 315 g/mol. The van der Waals surface area contributed by atoms with Gasteiger partial charge < -0.3 is 4.90 Å². The molecule has 1 aromatic carbocycles. The number of aromatic nitrogens is 2. The number of aryl methyl sites for hydroxylation is 1. The lowest BCUT2D eigenvalue weighted by molar-refractivity contribution is -0.131. The molecule has 1 saturated heterocycles. The number of piperidine rings is 1. The number of likely N-dealkylation sites (tertiary alicyclic amines) is 1. The number of nitrogens with zero attached hydrogens (tertiary/aromatic N) is 3. The van der Waals surface area contributed by atoms with Crippen LogP contribution in [0.5, 0.6) is 0 Å². The molecule has 1 amide bonds. The van der Waals surface area contributed by atoms with Crippen molar-refractivity contribution in [1.29, 1.82) is 0 Å². The summed E-state index contributed by atoms with van der Waals surface area (Å²) in [4.78, 5) is 14.4. The minimum atomic E-state index is 0.233. The maximum Gasteiger partial charge on any atom is 0.226 e. The molecule has 3 rings (SSSR count). The highest BCUT2D eigenvalue weighted by Crippen LogP contribution is 2.30. The molecule has 0 radical (unpaired) electrons. The molecule has 2 aromatic rings. The zero-order chi connectivity index (χ0) is 15.4. The van der Waals surface area contributed by atoms with Crippen molar-refractivity contribution in [1.82, 2.24) is 15.1 Å². The highest BCUT2D eigenvalue weighted by molar-refractivity contribution is 7.11. The summed E-state index contributed by atoms with van der Waals surface area (Å²) in [7, 11) is 0. The Bertz CT molecular complexity index is 618. The first-order valence-corrected chi connectivity index (χ1v) is 8.72. The molecule has 1 fully saturated rings. The Morgan fingerprint density at radius 3 is 2.59 bits per heavy atom. The highest BCUT2D eigenvalue weighted by Gasteiger charge is 2.26. The molecule has 22 heavy (non-hydrogen) atoms. The van der Waals surface area contributed by atoms with Crippen LogP contribution in [-0.4, -0.2) is 34.1 Å². The quantitative estimate of drug-likeness (QED) is 0.871. The predicted octanol–water partition coefficient (Wildman–Crippen LogP) is 3.05. The van der Waals surface area contributed by atoms with E-state index in [-0.39, 0.29) is 5.91 Å². The molecule has 0 spiro atoms. The number of hydrogen-bond donors (Lipinski definition) is 0. The van der Waals surface area contributed by atoms with Gasteiger partial charge in [0, 0.05) is 19.0 Å². The first-order valence-electron chi connectivity index (χ1n) is 7.90. The summed E-state index contributed by atoms with van der Waals surface area (Å²) in [5.41, 5.74) is 1.09. The third-order valence-electron chi connectivity index (χ3n) is 4.18. The van der Waals surface area contributed by atoms with Crippen LogP contribution in [0.3, 0.4) is 0 Å². The van der Waals surface area contributed by atoms with Crippen LogP contribution in [-0.2, 0) is 17.6 Å². The maximum absolute atomic E-state index is 12.4. The predicted molar refractivity (Wildman–Crippen MR) is 88.0 cm³/mol. The molecule has 0 atom stereocenters. The van der Waals surface area contributed by atoms with Crippen molar-refractivity contribution in [2.24, 2.45) is 0 Å². The van der Waals surface area contributed by atoms with Crippen LogP contribution in [0.4, 0.5) is 0 Å². The van der Waals surface area contributed by atoms with Crippen molar-refractivity contribution in [3.63, 3.8) is 0 Å². The molecule has 5 heteroatoms. The Morgan fingerprint density at radius 2 is 1.95 bits per heavy atom. The number of hydrogen-bond acceptors (Lipinski definition) is 4. The standard InChI is InChI=1S/C17H21N3OS/c1-2-15-18-19-17(22-15)14-8-10-20(11-9-14)16(21)12-13-6-4-3-5-7-13/h3-7,14H,2,8-12H2,1H3. The third-order valence-corrected chi connectivity index (χ3v) is 5.41. The van der Waals surface area contributed by atoms with Crippen LogP contribution in [0.15, 0.2) is 30.3 Å². The van der Waals surface area contributed by atoms with Crippen molar-refractivity contribution >= 4 is 17.2 Å². The Kier molecular flexibility index (Phi) is 4.83. The lowest BCUT2D eigenvalue weighted by Gasteiger charge is -2.31. The Labute approximate surface area is 135 Å². The fourth-order valence-electron chi connectivity index (χ4n) is 2.83. The van der Waals surface area contributed by atoms with E-state index in [2.05, 4.69) is 17.1 Å². The summed E-state index contributed by atoms with van der Waals surface area (Å²) < 4.78 is 0. The minimum absolute atomic E-state index is 0.233. The molecular formula is C17H21N3OS. The fourth-order valence-corrected chi connectivity index (χ4v) is 3.78. The van der Waals surface area contributed by atoms with Crippen LogP contribution in [0, 0.1) is 0 Å². The van der Waals surface area contributed by atoms with E-state index in [1.54, 1.807) is 11.3 Å². The van der Waals surface area contributed by atoms with Crippen LogP contribution in [0.2, 0.25) is 0 Å². The molecular weight excluding hydrogens is 294 g/mol. The Balaban J connectivity index is 1.54. The van der Waals surface area contributed by atoms with Gasteiger partial charge in [-0.2, -0.15) is 0 Å². The molecule has 4 nitrogen and oxygen atoms in total. The molecule has 1 aliphatic heterocycles. The Hall–Kier alpha value is -1.75. The first kappa shape index (κ1) is 15.2. The average Bonchev–Trinajstić information content (AvgIpc) is 3.05. The van der Waals surface area contributed by atoms with Crippen LogP contribution < -0.4 is 0 Å². The van der Waals surface area contributed by atoms with Gasteiger partial charge in [-0.3, -0.25) is 4.79 Å². The Morgan fingerprint density at radius 1 is 1.23 bits per heavy atom. The fraction of sp³-hybridized carbons (Fsp3) is 0.471. The van der Waals surface area contributed by atoms with Gasteiger partial charge in [-0.25, -0.2) is 0 Å². The smallest absolute Gasteiger partial charge is 0.226 e. The second-order valence-corrected chi connectivity index (χ2v) is 6.80. The van der Waals surface area contributed by atoms with Gasteiger partial charge in [0.05, 0.1) is 6.42 Å². The van der Waals surface area contributed by atoms with Crippen molar-refractivity contribution in [2.75, 3.05) is 13.1 Å². The van der Waals surface area contributed by atoms with Gasteiger partial charge >= 0.3 is 0 Å². The van der Waals surface area contributed by atoms with Gasteiger partial charge in [0.25, 0.3) is 0 Å². The van der Waals surface area contributed by atoms with Gasteiger partial charge in [0.15, 0.2) is 0 Å². The number of carbonyl (C=O) groups is 1. The zero-order valence-electron chi connectivity index (χ0n) is 12.9. The summed E-state index contributed by atoms with van der Waals surface area (Å²) in [5, 5.41) is 10.8. The summed E-state index contributed by atoms with van der Waals surface area (Å²) in [6.45, 7) is 3.77. The van der Waals surface area contributed by atoms with Crippen molar-refractivity contribution in [2.45, 2.75) is 38.5 Å². The van der Waals surface area contributed by atoms with E-state index in [1.165, 1.54) is 0 Å². The second kappa shape index (κ2) is 7.01. The van der Waals surface area contributed by atoms with E-state index in [0.717, 1.165) is 47.9 Å². The lowest BCUT2D eigenvalue weighted by atomic mass is 9.97. The number of rotatable bonds is 4. The van der Waals surface area contributed by atoms with Gasteiger partial charge in [0.1, 0.15) is 10.0 Å². The molecule has 116 valence electrons. The van der Waals surface area contributed by atoms with Crippen molar-refractivity contribution < 1.29 is 4.79 Å². The van der Waals surface area contributed by atoms with Gasteiger partial charge in [-0.15, -0.1) is 21.5 Å². The molecule has 1 aliphatic rings. The van der Waals surface area contributed by atoms with Gasteiger partial charge in [-0.1, -0.05) is 37.3 Å². The highest BCUT2D eigenvalue weighted by atomic mass is 32.1. The number of amides is 1. The lowest BCUT2D eigenvalue weighted by Crippen LogP contribution is -2.38. The van der Waals surface area contributed by atoms with E-state index in [9.17, 15) is 4.79 Å². The molecule has 0 N–H and O–H groups in total. The summed E-state index contributed by atoms with van der Waals surface area (Å²) in [6.07, 6.45) is 3.45. The first-order chi connectivity index (χ1) is 10.8. The summed E-state index contributed by atoms with van der Waals surface area (Å²) in [5.74, 6) is 0.703. The van der Waals surface area contributed by atoms with Gasteiger partial charge in [0.2, 0.25) is 5.91 Å². The largest absolute Gasteiger partial charge is 0.342 e. The third kappa shape index (κ3) is 3.53.